The van der Waals surface area contributed by atoms with Crippen molar-refractivity contribution in [3.05, 3.63) is 35.4 Å². The fourth-order valence-corrected chi connectivity index (χ4v) is 4.27. The fraction of sp³-hybridized carbons (Fsp3) is 0.714. The van der Waals surface area contributed by atoms with Crippen LogP contribution in [0.15, 0.2) is 24.3 Å². The summed E-state index contributed by atoms with van der Waals surface area (Å²) in [6, 6.07) is 5.73. The summed E-state index contributed by atoms with van der Waals surface area (Å²) in [7, 11) is 2.21. The predicted octanol–water partition coefficient (Wildman–Crippen LogP) is 3.93. The lowest BCUT2D eigenvalue weighted by molar-refractivity contribution is -0.137. The zero-order chi connectivity index (χ0) is 19.3. The lowest BCUT2D eigenvalue weighted by atomic mass is 9.95. The molecule has 3 rings (SSSR count). The molecule has 0 saturated carbocycles. The van der Waals surface area contributed by atoms with Crippen molar-refractivity contribution in [1.29, 1.82) is 0 Å². The van der Waals surface area contributed by atoms with Crippen LogP contribution in [0.25, 0.3) is 0 Å². The van der Waals surface area contributed by atoms with Crippen LogP contribution in [0.1, 0.15) is 30.4 Å². The van der Waals surface area contributed by atoms with E-state index in [1.165, 1.54) is 31.4 Å². The van der Waals surface area contributed by atoms with E-state index in [1.807, 2.05) is 0 Å². The number of alkyl halides is 3. The maximum absolute atomic E-state index is 12.8. The number of halogens is 3. The second-order valence-electron chi connectivity index (χ2n) is 8.18. The van der Waals surface area contributed by atoms with Gasteiger partial charge in [0.1, 0.15) is 0 Å². The molecule has 2 heterocycles. The minimum atomic E-state index is -4.26. The van der Waals surface area contributed by atoms with Crippen LogP contribution in [-0.4, -0.2) is 62.8 Å². The molecule has 2 fully saturated rings. The highest BCUT2D eigenvalue weighted by atomic mass is 19.4. The van der Waals surface area contributed by atoms with Gasteiger partial charge in [-0.25, -0.2) is 0 Å². The van der Waals surface area contributed by atoms with Crippen LogP contribution in [-0.2, 0) is 17.3 Å². The van der Waals surface area contributed by atoms with Gasteiger partial charge in [-0.3, -0.25) is 0 Å². The molecule has 6 heteroatoms. The molecule has 2 aliphatic heterocycles. The molecule has 2 aliphatic rings. The molecule has 0 amide bonds. The molecule has 2 saturated heterocycles. The summed E-state index contributed by atoms with van der Waals surface area (Å²) in [4.78, 5) is 4.84. The Morgan fingerprint density at radius 1 is 1.11 bits per heavy atom. The molecule has 0 radical (unpaired) electrons. The largest absolute Gasteiger partial charge is 0.416 e. The molecule has 0 aromatic heterocycles. The number of piperidine rings is 1. The summed E-state index contributed by atoms with van der Waals surface area (Å²) in [6.45, 7) is 6.99. The molecule has 0 bridgehead atoms. The van der Waals surface area contributed by atoms with E-state index in [0.717, 1.165) is 63.5 Å². The van der Waals surface area contributed by atoms with Crippen LogP contribution in [0.3, 0.4) is 0 Å². The number of benzene rings is 1. The highest BCUT2D eigenvalue weighted by Gasteiger charge is 2.30. The first kappa shape index (κ1) is 20.6. The zero-order valence-corrected chi connectivity index (χ0v) is 16.2. The number of hydrogen-bond donors (Lipinski definition) is 0. The van der Waals surface area contributed by atoms with Gasteiger partial charge in [0.05, 0.1) is 12.2 Å². The molecule has 152 valence electrons. The second-order valence-corrected chi connectivity index (χ2v) is 8.18. The van der Waals surface area contributed by atoms with Gasteiger partial charge < -0.3 is 14.5 Å². The summed E-state index contributed by atoms with van der Waals surface area (Å²) in [6.07, 6.45) is -0.0539. The minimum absolute atomic E-state index is 0.547. The Morgan fingerprint density at radius 3 is 2.52 bits per heavy atom. The van der Waals surface area contributed by atoms with Crippen LogP contribution < -0.4 is 0 Å². The number of nitrogens with zero attached hydrogens (tertiary/aromatic N) is 2. The van der Waals surface area contributed by atoms with E-state index in [4.69, 9.17) is 4.74 Å². The topological polar surface area (TPSA) is 15.7 Å². The first-order valence-corrected chi connectivity index (χ1v) is 10.0. The van der Waals surface area contributed by atoms with Gasteiger partial charge in [-0.05, 0) is 69.3 Å². The Labute approximate surface area is 160 Å². The minimum Gasteiger partial charge on any atom is -0.381 e. The van der Waals surface area contributed by atoms with Crippen molar-refractivity contribution in [2.75, 3.05) is 53.0 Å². The molecular formula is C21H31F3N2O. The van der Waals surface area contributed by atoms with Crippen molar-refractivity contribution in [3.63, 3.8) is 0 Å². The highest BCUT2D eigenvalue weighted by molar-refractivity contribution is 5.25. The number of rotatable bonds is 7. The molecular weight excluding hydrogens is 353 g/mol. The first-order valence-electron chi connectivity index (χ1n) is 10.0. The van der Waals surface area contributed by atoms with E-state index in [-0.39, 0.29) is 0 Å². The van der Waals surface area contributed by atoms with Crippen molar-refractivity contribution in [1.82, 2.24) is 9.80 Å². The first-order chi connectivity index (χ1) is 12.9. The van der Waals surface area contributed by atoms with Crippen LogP contribution >= 0.6 is 0 Å². The third-order valence-electron chi connectivity index (χ3n) is 5.84. The smallest absolute Gasteiger partial charge is 0.381 e. The molecule has 0 N–H and O–H groups in total. The monoisotopic (exact) mass is 384 g/mol. The summed E-state index contributed by atoms with van der Waals surface area (Å²) in [5.74, 6) is 1.41. The van der Waals surface area contributed by atoms with Crippen LogP contribution in [0.4, 0.5) is 13.2 Å². The van der Waals surface area contributed by atoms with Crippen molar-refractivity contribution < 1.29 is 17.9 Å². The Morgan fingerprint density at radius 2 is 1.85 bits per heavy atom. The van der Waals surface area contributed by atoms with Gasteiger partial charge in [0.25, 0.3) is 0 Å². The van der Waals surface area contributed by atoms with Gasteiger partial charge >= 0.3 is 6.18 Å². The van der Waals surface area contributed by atoms with E-state index in [2.05, 4.69) is 16.8 Å². The van der Waals surface area contributed by atoms with Crippen LogP contribution in [0.5, 0.6) is 0 Å². The number of likely N-dealkylation sites (tertiary alicyclic amines) is 1. The fourth-order valence-electron chi connectivity index (χ4n) is 4.27. The van der Waals surface area contributed by atoms with Crippen molar-refractivity contribution in [3.8, 4) is 0 Å². The van der Waals surface area contributed by atoms with Crippen molar-refractivity contribution >= 4 is 0 Å². The standard InChI is InChI=1S/C21H31F3N2O/c1-25(15-19-8-12-27-16-19)14-18-6-10-26(11-7-18)9-5-17-3-2-4-20(13-17)21(22,23)24/h2-4,13,18-19H,5-12,14-16H2,1H3/t19-/m0/s1. The van der Waals surface area contributed by atoms with E-state index >= 15 is 0 Å². The lowest BCUT2D eigenvalue weighted by Crippen LogP contribution is -2.39. The maximum atomic E-state index is 12.8. The normalized spacial score (nSPS) is 22.6. The molecule has 3 nitrogen and oxygen atoms in total. The molecule has 0 spiro atoms. The SMILES string of the molecule is CN(CC1CCN(CCc2cccc(C(F)(F)F)c2)CC1)C[C@@H]1CCOC1. The summed E-state index contributed by atoms with van der Waals surface area (Å²) in [5.41, 5.74) is 0.222. The molecule has 27 heavy (non-hydrogen) atoms. The Hall–Kier alpha value is -1.11. The van der Waals surface area contributed by atoms with Gasteiger partial charge in [-0.2, -0.15) is 13.2 Å². The van der Waals surface area contributed by atoms with E-state index in [0.29, 0.717) is 12.3 Å². The van der Waals surface area contributed by atoms with E-state index < -0.39 is 11.7 Å². The molecule has 1 aromatic rings. The average molecular weight is 384 g/mol. The number of ether oxygens (including phenoxy) is 1. The second kappa shape index (κ2) is 9.39. The molecule has 0 unspecified atom stereocenters. The zero-order valence-electron chi connectivity index (χ0n) is 16.2. The quantitative estimate of drug-likeness (QED) is 0.709. The summed E-state index contributed by atoms with van der Waals surface area (Å²) >= 11 is 0. The summed E-state index contributed by atoms with van der Waals surface area (Å²) < 4.78 is 43.9. The van der Waals surface area contributed by atoms with Crippen LogP contribution in [0.2, 0.25) is 0 Å². The average Bonchev–Trinajstić information content (AvgIpc) is 3.13. The van der Waals surface area contributed by atoms with Crippen molar-refractivity contribution in [2.24, 2.45) is 11.8 Å². The Bertz CT molecular complexity index is 579. The highest BCUT2D eigenvalue weighted by Crippen LogP contribution is 2.29. The van der Waals surface area contributed by atoms with E-state index in [9.17, 15) is 13.2 Å². The number of hydrogen-bond acceptors (Lipinski definition) is 3. The third kappa shape index (κ3) is 6.47. The molecule has 1 atom stereocenters. The van der Waals surface area contributed by atoms with Gasteiger partial charge in [0.2, 0.25) is 0 Å². The third-order valence-corrected chi connectivity index (χ3v) is 5.84. The van der Waals surface area contributed by atoms with Gasteiger partial charge in [0.15, 0.2) is 0 Å². The Balaban J connectivity index is 1.37. The molecule has 0 aliphatic carbocycles. The van der Waals surface area contributed by atoms with Gasteiger partial charge in [-0.1, -0.05) is 18.2 Å². The Kier molecular flexibility index (Phi) is 7.17. The maximum Gasteiger partial charge on any atom is 0.416 e. The van der Waals surface area contributed by atoms with E-state index in [1.54, 1.807) is 6.07 Å². The van der Waals surface area contributed by atoms with Gasteiger partial charge in [-0.15, -0.1) is 0 Å². The molecule has 1 aromatic carbocycles. The lowest BCUT2D eigenvalue weighted by Gasteiger charge is -2.34. The van der Waals surface area contributed by atoms with Crippen LogP contribution in [0, 0.1) is 11.8 Å². The predicted molar refractivity (Wildman–Crippen MR) is 101 cm³/mol. The summed E-state index contributed by atoms with van der Waals surface area (Å²) in [5, 5.41) is 0. The van der Waals surface area contributed by atoms with Crippen molar-refractivity contribution in [2.45, 2.75) is 31.9 Å². The van der Waals surface area contributed by atoms with Gasteiger partial charge in [0, 0.05) is 26.2 Å².